The molecule has 2 rings (SSSR count). The fourth-order valence-corrected chi connectivity index (χ4v) is 2.45. The lowest BCUT2D eigenvalue weighted by Gasteiger charge is -2.36. The number of halogens is 1. The Balaban J connectivity index is 2.02. The molecule has 22 heavy (non-hydrogen) atoms. The highest BCUT2D eigenvalue weighted by Gasteiger charge is 2.20. The molecule has 0 spiro atoms. The standard InChI is InChI=1S/C16H23FN4O/c1-3-18-16(19-12-14-6-4-5-7-15(14)17)21-10-8-20(9-11-21)13(2)22/h4-7H,3,8-12H2,1-2H3,(H,18,19). The van der Waals surface area contributed by atoms with E-state index in [9.17, 15) is 9.18 Å². The van der Waals surface area contributed by atoms with E-state index in [1.165, 1.54) is 6.07 Å². The minimum atomic E-state index is -0.233. The molecule has 120 valence electrons. The Labute approximate surface area is 130 Å². The third-order valence-corrected chi connectivity index (χ3v) is 3.72. The molecule has 1 aliphatic heterocycles. The first-order chi connectivity index (χ1) is 10.6. The molecule has 5 nitrogen and oxygen atoms in total. The van der Waals surface area contributed by atoms with Crippen molar-refractivity contribution in [3.63, 3.8) is 0 Å². The first-order valence-electron chi connectivity index (χ1n) is 7.64. The summed E-state index contributed by atoms with van der Waals surface area (Å²) < 4.78 is 13.7. The highest BCUT2D eigenvalue weighted by molar-refractivity contribution is 5.80. The van der Waals surface area contributed by atoms with E-state index >= 15 is 0 Å². The largest absolute Gasteiger partial charge is 0.357 e. The number of hydrogen-bond acceptors (Lipinski definition) is 2. The van der Waals surface area contributed by atoms with Gasteiger partial charge in [-0.25, -0.2) is 9.38 Å². The number of carbonyl (C=O) groups is 1. The maximum Gasteiger partial charge on any atom is 0.219 e. The minimum absolute atomic E-state index is 0.105. The van der Waals surface area contributed by atoms with Crippen LogP contribution >= 0.6 is 0 Å². The number of guanidine groups is 1. The summed E-state index contributed by atoms with van der Waals surface area (Å²) in [7, 11) is 0. The summed E-state index contributed by atoms with van der Waals surface area (Å²) in [6.45, 7) is 7.52. The van der Waals surface area contributed by atoms with Crippen molar-refractivity contribution in [3.05, 3.63) is 35.6 Å². The number of hydrogen-bond donors (Lipinski definition) is 1. The Morgan fingerprint density at radius 1 is 1.23 bits per heavy atom. The molecule has 1 aromatic carbocycles. The van der Waals surface area contributed by atoms with Crippen molar-refractivity contribution in [1.82, 2.24) is 15.1 Å². The Bertz CT molecular complexity index is 539. The lowest BCUT2D eigenvalue weighted by atomic mass is 10.2. The smallest absolute Gasteiger partial charge is 0.219 e. The minimum Gasteiger partial charge on any atom is -0.357 e. The predicted octanol–water partition coefficient (Wildman–Crippen LogP) is 1.46. The second-order valence-corrected chi connectivity index (χ2v) is 5.25. The third kappa shape index (κ3) is 4.19. The number of amides is 1. The maximum absolute atomic E-state index is 13.7. The topological polar surface area (TPSA) is 47.9 Å². The summed E-state index contributed by atoms with van der Waals surface area (Å²) in [5.74, 6) is 0.644. The molecule has 1 aliphatic rings. The van der Waals surface area contributed by atoms with Crippen LogP contribution in [0, 0.1) is 5.82 Å². The molecular weight excluding hydrogens is 283 g/mol. The second kappa shape index (κ2) is 7.77. The number of carbonyl (C=O) groups excluding carboxylic acids is 1. The van der Waals surface area contributed by atoms with Crippen LogP contribution in [0.15, 0.2) is 29.3 Å². The molecule has 6 heteroatoms. The van der Waals surface area contributed by atoms with Gasteiger partial charge in [-0.3, -0.25) is 4.79 Å². The van der Waals surface area contributed by atoms with E-state index in [4.69, 9.17) is 0 Å². The molecule has 1 heterocycles. The Hall–Kier alpha value is -2.11. The lowest BCUT2D eigenvalue weighted by molar-refractivity contribution is -0.130. The van der Waals surface area contributed by atoms with E-state index in [-0.39, 0.29) is 11.7 Å². The molecule has 1 amide bonds. The maximum atomic E-state index is 13.7. The van der Waals surface area contributed by atoms with Gasteiger partial charge in [-0.2, -0.15) is 0 Å². The number of benzene rings is 1. The first kappa shape index (κ1) is 16.3. The van der Waals surface area contributed by atoms with E-state index in [1.54, 1.807) is 19.1 Å². The number of nitrogens with zero attached hydrogens (tertiary/aromatic N) is 3. The Kier molecular flexibility index (Phi) is 5.75. The van der Waals surface area contributed by atoms with Crippen molar-refractivity contribution in [2.24, 2.45) is 4.99 Å². The Morgan fingerprint density at radius 3 is 2.45 bits per heavy atom. The van der Waals surface area contributed by atoms with Gasteiger partial charge in [0.2, 0.25) is 5.91 Å². The monoisotopic (exact) mass is 306 g/mol. The normalized spacial score (nSPS) is 15.9. The van der Waals surface area contributed by atoms with Crippen LogP contribution in [0.5, 0.6) is 0 Å². The zero-order chi connectivity index (χ0) is 15.9. The summed E-state index contributed by atoms with van der Waals surface area (Å²) in [4.78, 5) is 19.8. The van der Waals surface area contributed by atoms with Gasteiger partial charge in [0.15, 0.2) is 5.96 Å². The number of piperazine rings is 1. The molecule has 1 N–H and O–H groups in total. The Morgan fingerprint density at radius 2 is 1.86 bits per heavy atom. The van der Waals surface area contributed by atoms with E-state index in [1.807, 2.05) is 17.9 Å². The van der Waals surface area contributed by atoms with Crippen LogP contribution in [-0.2, 0) is 11.3 Å². The molecule has 1 saturated heterocycles. The molecule has 0 unspecified atom stereocenters. The molecule has 1 fully saturated rings. The number of nitrogens with one attached hydrogen (secondary N) is 1. The van der Waals surface area contributed by atoms with Crippen molar-refractivity contribution in [2.75, 3.05) is 32.7 Å². The zero-order valence-corrected chi connectivity index (χ0v) is 13.2. The van der Waals surface area contributed by atoms with Crippen LogP contribution in [0.4, 0.5) is 4.39 Å². The van der Waals surface area contributed by atoms with Crippen LogP contribution in [0.2, 0.25) is 0 Å². The quantitative estimate of drug-likeness (QED) is 0.679. The van der Waals surface area contributed by atoms with Gasteiger partial charge < -0.3 is 15.1 Å². The van der Waals surface area contributed by atoms with Gasteiger partial charge in [0, 0.05) is 45.2 Å². The van der Waals surface area contributed by atoms with Gasteiger partial charge in [-0.1, -0.05) is 18.2 Å². The number of aliphatic imine (C=N–C) groups is 1. The highest BCUT2D eigenvalue weighted by Crippen LogP contribution is 2.09. The molecule has 0 aliphatic carbocycles. The lowest BCUT2D eigenvalue weighted by Crippen LogP contribution is -2.53. The van der Waals surface area contributed by atoms with Crippen LogP contribution in [-0.4, -0.2) is 54.4 Å². The molecule has 0 radical (unpaired) electrons. The summed E-state index contributed by atoms with van der Waals surface area (Å²) >= 11 is 0. The molecule has 1 aromatic rings. The SMILES string of the molecule is CCNC(=NCc1ccccc1F)N1CCN(C(C)=O)CC1. The van der Waals surface area contributed by atoms with Crippen LogP contribution < -0.4 is 5.32 Å². The molecular formula is C16H23FN4O. The van der Waals surface area contributed by atoms with Crippen LogP contribution in [0.1, 0.15) is 19.4 Å². The third-order valence-electron chi connectivity index (χ3n) is 3.72. The fourth-order valence-electron chi connectivity index (χ4n) is 2.45. The van der Waals surface area contributed by atoms with Gasteiger partial charge in [-0.15, -0.1) is 0 Å². The van der Waals surface area contributed by atoms with Gasteiger partial charge in [0.1, 0.15) is 5.82 Å². The van der Waals surface area contributed by atoms with Gasteiger partial charge in [0.05, 0.1) is 6.54 Å². The summed E-state index contributed by atoms with van der Waals surface area (Å²) in [5, 5.41) is 3.24. The average molecular weight is 306 g/mol. The molecule has 0 saturated carbocycles. The van der Waals surface area contributed by atoms with Crippen LogP contribution in [0.25, 0.3) is 0 Å². The molecule has 0 bridgehead atoms. The second-order valence-electron chi connectivity index (χ2n) is 5.25. The van der Waals surface area contributed by atoms with Crippen molar-refractivity contribution in [3.8, 4) is 0 Å². The van der Waals surface area contributed by atoms with Gasteiger partial charge in [-0.05, 0) is 13.0 Å². The highest BCUT2D eigenvalue weighted by atomic mass is 19.1. The summed E-state index contributed by atoms with van der Waals surface area (Å²) in [6.07, 6.45) is 0. The van der Waals surface area contributed by atoms with Crippen molar-refractivity contribution in [2.45, 2.75) is 20.4 Å². The van der Waals surface area contributed by atoms with E-state index in [2.05, 4.69) is 15.2 Å². The average Bonchev–Trinajstić information content (AvgIpc) is 2.53. The van der Waals surface area contributed by atoms with Crippen molar-refractivity contribution in [1.29, 1.82) is 0 Å². The van der Waals surface area contributed by atoms with Gasteiger partial charge in [0.25, 0.3) is 0 Å². The summed E-state index contributed by atoms with van der Waals surface area (Å²) in [6, 6.07) is 6.68. The number of rotatable bonds is 3. The fraction of sp³-hybridized carbons (Fsp3) is 0.500. The van der Waals surface area contributed by atoms with Crippen molar-refractivity contribution >= 4 is 11.9 Å². The summed E-state index contributed by atoms with van der Waals surface area (Å²) in [5.41, 5.74) is 0.584. The molecule has 0 aromatic heterocycles. The predicted molar refractivity (Wildman–Crippen MR) is 85.0 cm³/mol. The van der Waals surface area contributed by atoms with E-state index in [0.29, 0.717) is 25.2 Å². The first-order valence-corrected chi connectivity index (χ1v) is 7.64. The zero-order valence-electron chi connectivity index (χ0n) is 13.2. The van der Waals surface area contributed by atoms with Crippen LogP contribution in [0.3, 0.4) is 0 Å². The molecule has 0 atom stereocenters. The van der Waals surface area contributed by atoms with Crippen molar-refractivity contribution < 1.29 is 9.18 Å². The van der Waals surface area contributed by atoms with E-state index < -0.39 is 0 Å². The van der Waals surface area contributed by atoms with E-state index in [0.717, 1.165) is 25.6 Å². The van der Waals surface area contributed by atoms with Gasteiger partial charge >= 0.3 is 0 Å².